The number of esters is 6. The van der Waals surface area contributed by atoms with Crippen LogP contribution >= 0.6 is 44.6 Å². The lowest BCUT2D eigenvalue weighted by Gasteiger charge is -2.24. The predicted octanol–water partition coefficient (Wildman–Crippen LogP) is 13.4. The van der Waals surface area contributed by atoms with Gasteiger partial charge in [0.05, 0.1) is 121 Å². The second kappa shape index (κ2) is 70.8. The lowest BCUT2D eigenvalue weighted by Crippen LogP contribution is -2.28. The van der Waals surface area contributed by atoms with E-state index < -0.39 is 45.0 Å². The number of aromatic hydroxyl groups is 2. The average Bonchev–Trinajstić information content (AvgIpc) is 1.16. The largest absolute Gasteiger partial charge is 0.508 e. The fourth-order valence-corrected chi connectivity index (χ4v) is 11.6. The highest BCUT2D eigenvalue weighted by Gasteiger charge is 2.31. The van der Waals surface area contributed by atoms with Crippen LogP contribution in [0.5, 0.6) is 34.5 Å². The molecule has 1 saturated heterocycles. The van der Waals surface area contributed by atoms with Crippen LogP contribution in [0.3, 0.4) is 0 Å². The molecule has 0 bridgehead atoms. The zero-order chi connectivity index (χ0) is 93.7. The molecule has 704 valence electrons. The van der Waals surface area contributed by atoms with Crippen LogP contribution in [-0.4, -0.2) is 240 Å². The highest BCUT2D eigenvalue weighted by molar-refractivity contribution is 8.26. The first-order valence-electron chi connectivity index (χ1n) is 41.1. The van der Waals surface area contributed by atoms with E-state index in [9.17, 15) is 53.1 Å². The number of ether oxygens (including phenoxy) is 16. The van der Waals surface area contributed by atoms with Crippen LogP contribution in [0.1, 0.15) is 119 Å². The minimum Gasteiger partial charge on any atom is -0.508 e. The van der Waals surface area contributed by atoms with Gasteiger partial charge in [0.15, 0.2) is 0 Å². The Morgan fingerprint density at radius 2 is 0.688 bits per heavy atom. The maximum absolute atomic E-state index is 12.4. The Kier molecular flexibility index (Phi) is 62.0. The number of aliphatic hydroxyl groups is 1. The second-order valence-electron chi connectivity index (χ2n) is 27.4. The zero-order valence-corrected chi connectivity index (χ0v) is 75.2. The van der Waals surface area contributed by atoms with E-state index in [2.05, 4.69) is 34.5 Å². The highest BCUT2D eigenvalue weighted by Crippen LogP contribution is 2.33. The number of carboxylic acid groups (broad SMARTS) is 2. The molecule has 5 N–H and O–H groups in total. The smallest absolute Gasteiger partial charge is 0.338 e. The van der Waals surface area contributed by atoms with Gasteiger partial charge in [-0.1, -0.05) is 49.6 Å². The number of halogens is 4. The first-order valence-corrected chi connectivity index (χ1v) is 44.6. The molecule has 1 aliphatic heterocycles. The maximum atomic E-state index is 12.4. The SMILES string of the molecule is C1CCOC1.C=CC(=O)OCCOCCOCCOc1ccc(C(=O)OCCc2ccc(O)cc2)cc1.C=CC(=O)OCCOCCOCCOc1ccc(C(=O)OCCc2ccc(OC(=O)C3CCC(C(=O)O)CC3)cc2)cc1.CC(=O)OCCOCCOCCOc1ccc(C(=O)O)cc1.O=C(Cl)C1CCC(C(=O)Cl)CC1.O=S(Cl)Cl.OCCc1ccc(O)cc1. The monoisotopic (exact) mass is 1890 g/mol. The summed E-state index contributed by atoms with van der Waals surface area (Å²) in [5, 5.41) is 43.9. The summed E-state index contributed by atoms with van der Waals surface area (Å²) in [4.78, 5) is 112. The fourth-order valence-electron chi connectivity index (χ4n) is 11.2. The number of carboxylic acids is 2. The van der Waals surface area contributed by atoms with E-state index >= 15 is 0 Å². The van der Waals surface area contributed by atoms with Crippen molar-refractivity contribution in [3.05, 3.63) is 204 Å². The molecule has 128 heavy (non-hydrogen) atoms. The van der Waals surface area contributed by atoms with Crippen LogP contribution in [0.4, 0.5) is 0 Å². The summed E-state index contributed by atoms with van der Waals surface area (Å²) in [6.45, 7) is 16.6. The van der Waals surface area contributed by atoms with E-state index in [-0.39, 0.29) is 109 Å². The van der Waals surface area contributed by atoms with Crippen molar-refractivity contribution in [1.29, 1.82) is 0 Å². The van der Waals surface area contributed by atoms with Crippen molar-refractivity contribution >= 4 is 112 Å². The number of phenols is 2. The number of aromatic carboxylic acids is 1. The molecule has 0 atom stereocenters. The molecule has 0 unspecified atom stereocenters. The molecule has 2 saturated carbocycles. The highest BCUT2D eigenvalue weighted by atomic mass is 36.0. The van der Waals surface area contributed by atoms with E-state index in [1.165, 1.54) is 31.9 Å². The van der Waals surface area contributed by atoms with Gasteiger partial charge in [-0.2, -0.15) is 0 Å². The van der Waals surface area contributed by atoms with Gasteiger partial charge in [-0.15, -0.1) is 0 Å². The van der Waals surface area contributed by atoms with Crippen molar-refractivity contribution in [2.45, 2.75) is 90.4 Å². The topological polar surface area (TPSA) is 437 Å². The number of hydrogen-bond acceptors (Lipinski definition) is 30. The molecule has 0 radical (unpaired) electrons. The van der Waals surface area contributed by atoms with Gasteiger partial charge >= 0.3 is 47.8 Å². The first kappa shape index (κ1) is 112. The van der Waals surface area contributed by atoms with Gasteiger partial charge in [0.2, 0.25) is 19.7 Å². The van der Waals surface area contributed by atoms with Gasteiger partial charge in [0.25, 0.3) is 0 Å². The summed E-state index contributed by atoms with van der Waals surface area (Å²) in [6.07, 6.45) is 11.3. The number of carbonyl (C=O) groups is 10. The number of phenolic OH excluding ortho intramolecular Hbond substituents is 2. The molecule has 2 aliphatic carbocycles. The van der Waals surface area contributed by atoms with Crippen molar-refractivity contribution < 1.29 is 153 Å². The van der Waals surface area contributed by atoms with Crippen LogP contribution in [0, 0.1) is 23.7 Å². The first-order chi connectivity index (χ1) is 61.7. The second-order valence-corrected chi connectivity index (χ2v) is 30.6. The quantitative estimate of drug-likeness (QED) is 0.00591. The molecular formula is C91H114Cl4O32S. The summed E-state index contributed by atoms with van der Waals surface area (Å²) in [5.41, 5.74) is 3.99. The Labute approximate surface area is 765 Å². The number of benzene rings is 6. The third-order valence-electron chi connectivity index (χ3n) is 18.0. The molecule has 0 aromatic heterocycles. The molecule has 0 spiro atoms. The van der Waals surface area contributed by atoms with Crippen molar-refractivity contribution in [3.63, 3.8) is 0 Å². The summed E-state index contributed by atoms with van der Waals surface area (Å²) in [5.74, 6) is -2.33. The minimum absolute atomic E-state index is 0.0565. The standard InChI is InChI=1S/C32H38O11.C24H28O8.C15H20O7.C8H10Cl2O2.C8H10O2.C4H8O.Cl2OS/c1-2-29(33)41-22-20-39-18-17-38-19-21-40-27-13-9-25(10-14-27)31(36)42-16-15-23-3-11-28(12-4-23)43-32(37)26-7-5-24(6-8-26)30(34)35;1-2-23(26)31-18-16-29-14-13-28-15-17-30-22-9-5-20(6-10-22)24(27)32-12-11-19-3-7-21(25)8-4-19;1-12(16)21-10-8-19-6-7-20-9-11-22-14-4-2-13(3-5-14)15(17)18;9-7(11)5-1-2-6(4-3-5)8(10)12;9-6-5-7-1-3-8(10)4-2-7;1-2-4-5-3-1;1-4(2)3/h2-4,9-14,24,26H,1,5-8,15-22H2,(H,34,35);2-10,25H,1,11-18H2;2-5H,6-11H2,1H3,(H,17,18);5-6H,1-4H2;1-4,9-10H,5-6H2;1-4H2;. The summed E-state index contributed by atoms with van der Waals surface area (Å²) < 4.78 is 92.8. The van der Waals surface area contributed by atoms with E-state index in [1.54, 1.807) is 121 Å². The molecule has 0 amide bonds. The molecular weight excluding hydrogens is 1780 g/mol. The molecule has 6 aromatic rings. The Bertz CT molecular complexity index is 4130. The van der Waals surface area contributed by atoms with E-state index in [1.807, 2.05) is 12.1 Å². The van der Waals surface area contributed by atoms with Crippen molar-refractivity contribution in [2.75, 3.05) is 152 Å². The number of hydrogen-bond donors (Lipinski definition) is 5. The predicted molar refractivity (Wildman–Crippen MR) is 474 cm³/mol. The van der Waals surface area contributed by atoms with Gasteiger partial charge in [-0.25, -0.2) is 28.2 Å². The lowest BCUT2D eigenvalue weighted by atomic mass is 9.82. The molecule has 1 heterocycles. The van der Waals surface area contributed by atoms with Crippen molar-refractivity contribution in [2.24, 2.45) is 23.7 Å². The molecule has 9 rings (SSSR count). The van der Waals surface area contributed by atoms with Crippen molar-refractivity contribution in [3.8, 4) is 34.5 Å². The fraction of sp³-hybridized carbons (Fsp3) is 0.451. The van der Waals surface area contributed by atoms with E-state index in [0.717, 1.165) is 42.1 Å². The van der Waals surface area contributed by atoms with Gasteiger partial charge in [0, 0.05) is 84.9 Å². The van der Waals surface area contributed by atoms with Crippen molar-refractivity contribution in [1.82, 2.24) is 0 Å². The number of aliphatic hydroxyl groups excluding tert-OH is 1. The number of carbonyl (C=O) groups excluding carboxylic acids is 8. The maximum Gasteiger partial charge on any atom is 0.338 e. The molecule has 3 fully saturated rings. The van der Waals surface area contributed by atoms with Crippen LogP contribution in [0.15, 0.2) is 171 Å². The van der Waals surface area contributed by atoms with Crippen LogP contribution in [0.25, 0.3) is 0 Å². The van der Waals surface area contributed by atoms with E-state index in [0.29, 0.717) is 197 Å². The summed E-state index contributed by atoms with van der Waals surface area (Å²) in [7, 11) is 7.36. The normalized spacial score (nSPS) is 14.5. The van der Waals surface area contributed by atoms with E-state index in [4.69, 9.17) is 124 Å². The summed E-state index contributed by atoms with van der Waals surface area (Å²) >= 11 is 10.7. The third-order valence-corrected chi connectivity index (χ3v) is 18.6. The molecule has 32 nitrogen and oxygen atoms in total. The number of aliphatic carboxylic acids is 1. The Morgan fingerprint density at radius 1 is 0.391 bits per heavy atom. The molecule has 6 aromatic carbocycles. The Balaban J connectivity index is 0.000000433. The Hall–Kier alpha value is -10.1. The third kappa shape index (κ3) is 56.3. The van der Waals surface area contributed by atoms with Crippen LogP contribution < -0.4 is 18.9 Å². The van der Waals surface area contributed by atoms with Gasteiger partial charge in [-0.05, 0) is 220 Å². The lowest BCUT2D eigenvalue weighted by molar-refractivity contribution is -0.146. The average molecular weight is 1890 g/mol. The minimum atomic E-state index is -1.67. The van der Waals surface area contributed by atoms with Crippen LogP contribution in [-0.2, 0) is 119 Å². The van der Waals surface area contributed by atoms with Crippen LogP contribution in [0.2, 0.25) is 0 Å². The zero-order valence-electron chi connectivity index (χ0n) is 71.4. The Morgan fingerprint density at radius 3 is 0.992 bits per heavy atom. The van der Waals surface area contributed by atoms with Gasteiger partial charge in [-0.3, -0.25) is 24.0 Å². The molecule has 37 heteroatoms. The summed E-state index contributed by atoms with van der Waals surface area (Å²) in [6, 6.07) is 40.1. The van der Waals surface area contributed by atoms with Gasteiger partial charge in [0.1, 0.15) is 74.1 Å². The molecule has 3 aliphatic rings. The number of rotatable bonds is 48. The van der Waals surface area contributed by atoms with Gasteiger partial charge < -0.3 is 101 Å².